The molecule has 174 valence electrons. The summed E-state index contributed by atoms with van der Waals surface area (Å²) in [6.45, 7) is 0.00121. The summed E-state index contributed by atoms with van der Waals surface area (Å²) in [5, 5.41) is 3.57. The van der Waals surface area contributed by atoms with Crippen LogP contribution in [0.15, 0.2) is 77.7 Å². The molecule has 0 aliphatic rings. The summed E-state index contributed by atoms with van der Waals surface area (Å²) in [6, 6.07) is 19.8. The van der Waals surface area contributed by atoms with Gasteiger partial charge in [-0.3, -0.25) is 9.10 Å². The number of para-hydroxylation sites is 1. The molecule has 0 heterocycles. The predicted molar refractivity (Wildman–Crippen MR) is 132 cm³/mol. The molecule has 9 heteroatoms. The van der Waals surface area contributed by atoms with Crippen LogP contribution < -0.4 is 14.4 Å². The fourth-order valence-corrected chi connectivity index (χ4v) is 5.01. The van der Waals surface area contributed by atoms with Gasteiger partial charge in [-0.15, -0.1) is 0 Å². The van der Waals surface area contributed by atoms with E-state index in [1.54, 1.807) is 25.3 Å². The van der Waals surface area contributed by atoms with E-state index in [-0.39, 0.29) is 11.4 Å². The average molecular weight is 507 g/mol. The fourth-order valence-electron chi connectivity index (χ4n) is 3.28. The first-order chi connectivity index (χ1) is 15.8. The maximum absolute atomic E-state index is 13.3. The summed E-state index contributed by atoms with van der Waals surface area (Å²) < 4.78 is 33.0. The number of anilines is 1. The summed E-state index contributed by atoms with van der Waals surface area (Å²) in [5.41, 5.74) is 1.33. The van der Waals surface area contributed by atoms with Crippen molar-refractivity contribution in [1.29, 1.82) is 0 Å². The number of hydrogen-bond acceptors (Lipinski definition) is 4. The fraction of sp³-hybridized carbons (Fsp3) is 0.208. The van der Waals surface area contributed by atoms with Crippen molar-refractivity contribution < 1.29 is 17.9 Å². The van der Waals surface area contributed by atoms with Crippen LogP contribution in [-0.4, -0.2) is 34.5 Å². The first kappa shape index (κ1) is 24.9. The Hall–Kier alpha value is -2.74. The van der Waals surface area contributed by atoms with Gasteiger partial charge in [0.05, 0.1) is 17.7 Å². The Morgan fingerprint density at radius 2 is 1.70 bits per heavy atom. The molecule has 0 atom stereocenters. The molecule has 0 spiro atoms. The second-order valence-electron chi connectivity index (χ2n) is 7.21. The minimum absolute atomic E-state index is 0.0239. The molecule has 1 N–H and O–H groups in total. The zero-order chi connectivity index (χ0) is 23.8. The van der Waals surface area contributed by atoms with Crippen LogP contribution in [0, 0.1) is 0 Å². The highest BCUT2D eigenvalue weighted by Crippen LogP contribution is 2.26. The molecule has 0 aliphatic heterocycles. The SMILES string of the molecule is COc1ccccc1CCCNC(=O)CN(c1cccc(Cl)c1)S(=O)(=O)c1ccc(Cl)cc1. The van der Waals surface area contributed by atoms with Gasteiger partial charge in [0, 0.05) is 16.6 Å². The van der Waals surface area contributed by atoms with Crippen molar-refractivity contribution in [2.24, 2.45) is 0 Å². The highest BCUT2D eigenvalue weighted by atomic mass is 35.5. The van der Waals surface area contributed by atoms with E-state index < -0.39 is 15.9 Å². The number of carbonyl (C=O) groups is 1. The number of halogens is 2. The van der Waals surface area contributed by atoms with Crippen molar-refractivity contribution in [3.63, 3.8) is 0 Å². The molecule has 0 aromatic heterocycles. The van der Waals surface area contributed by atoms with E-state index in [0.717, 1.165) is 15.6 Å². The number of nitrogens with one attached hydrogen (secondary N) is 1. The van der Waals surface area contributed by atoms with Crippen LogP contribution in [0.4, 0.5) is 5.69 Å². The zero-order valence-electron chi connectivity index (χ0n) is 18.0. The summed E-state index contributed by atoms with van der Waals surface area (Å²) in [4.78, 5) is 12.7. The summed E-state index contributed by atoms with van der Waals surface area (Å²) >= 11 is 12.0. The van der Waals surface area contributed by atoms with Crippen LogP contribution in [0.5, 0.6) is 5.75 Å². The van der Waals surface area contributed by atoms with Gasteiger partial charge in [0.15, 0.2) is 0 Å². The van der Waals surface area contributed by atoms with Gasteiger partial charge in [-0.25, -0.2) is 8.42 Å². The van der Waals surface area contributed by atoms with Gasteiger partial charge in [0.25, 0.3) is 10.0 Å². The van der Waals surface area contributed by atoms with E-state index in [1.165, 1.54) is 30.3 Å². The van der Waals surface area contributed by atoms with Gasteiger partial charge in [-0.2, -0.15) is 0 Å². The van der Waals surface area contributed by atoms with Crippen LogP contribution >= 0.6 is 23.2 Å². The highest BCUT2D eigenvalue weighted by molar-refractivity contribution is 7.92. The van der Waals surface area contributed by atoms with Crippen molar-refractivity contribution in [3.05, 3.63) is 88.4 Å². The third-order valence-corrected chi connectivity index (χ3v) is 7.20. The Morgan fingerprint density at radius 3 is 2.39 bits per heavy atom. The molecule has 0 fully saturated rings. The maximum Gasteiger partial charge on any atom is 0.264 e. The Balaban J connectivity index is 1.71. The monoisotopic (exact) mass is 506 g/mol. The number of hydrogen-bond donors (Lipinski definition) is 1. The van der Waals surface area contributed by atoms with E-state index in [4.69, 9.17) is 27.9 Å². The summed E-state index contributed by atoms with van der Waals surface area (Å²) in [5.74, 6) is 0.373. The van der Waals surface area contributed by atoms with Gasteiger partial charge in [0.1, 0.15) is 12.3 Å². The lowest BCUT2D eigenvalue weighted by Crippen LogP contribution is -2.41. The van der Waals surface area contributed by atoms with Crippen molar-refractivity contribution in [2.45, 2.75) is 17.7 Å². The number of aryl methyl sites for hydroxylation is 1. The van der Waals surface area contributed by atoms with Crippen LogP contribution in [-0.2, 0) is 21.2 Å². The second-order valence-corrected chi connectivity index (χ2v) is 9.95. The minimum atomic E-state index is -4.03. The Morgan fingerprint density at radius 1 is 0.970 bits per heavy atom. The van der Waals surface area contributed by atoms with Crippen molar-refractivity contribution in [3.8, 4) is 5.75 Å². The number of benzene rings is 3. The molecule has 3 aromatic carbocycles. The maximum atomic E-state index is 13.3. The number of carbonyl (C=O) groups excluding carboxylic acids is 1. The molecule has 3 aromatic rings. The van der Waals surface area contributed by atoms with E-state index in [2.05, 4.69) is 5.32 Å². The highest BCUT2D eigenvalue weighted by Gasteiger charge is 2.27. The van der Waals surface area contributed by atoms with Crippen molar-refractivity contribution >= 4 is 44.8 Å². The van der Waals surface area contributed by atoms with Gasteiger partial charge >= 0.3 is 0 Å². The lowest BCUT2D eigenvalue weighted by Gasteiger charge is -2.24. The number of rotatable bonds is 10. The van der Waals surface area contributed by atoms with E-state index in [9.17, 15) is 13.2 Å². The Kier molecular flexibility index (Phi) is 8.61. The number of sulfonamides is 1. The Bertz CT molecular complexity index is 1200. The normalized spacial score (nSPS) is 11.1. The number of amides is 1. The van der Waals surface area contributed by atoms with Crippen LogP contribution in [0.1, 0.15) is 12.0 Å². The van der Waals surface area contributed by atoms with Gasteiger partial charge in [0.2, 0.25) is 5.91 Å². The number of nitrogens with zero attached hydrogens (tertiary/aromatic N) is 1. The molecular formula is C24H24Cl2N2O4S. The molecule has 3 rings (SSSR count). The third-order valence-electron chi connectivity index (χ3n) is 4.92. The topological polar surface area (TPSA) is 75.7 Å². The smallest absolute Gasteiger partial charge is 0.264 e. The lowest BCUT2D eigenvalue weighted by molar-refractivity contribution is -0.119. The van der Waals surface area contributed by atoms with Crippen LogP contribution in [0.25, 0.3) is 0 Å². The number of ether oxygens (including phenoxy) is 1. The van der Waals surface area contributed by atoms with E-state index in [0.29, 0.717) is 35.1 Å². The molecule has 0 bridgehead atoms. The summed E-state index contributed by atoms with van der Waals surface area (Å²) in [6.07, 6.45) is 1.39. The molecule has 0 saturated heterocycles. The Labute approximate surface area is 204 Å². The second kappa shape index (κ2) is 11.4. The van der Waals surface area contributed by atoms with Crippen molar-refractivity contribution in [2.75, 3.05) is 24.5 Å². The molecule has 6 nitrogen and oxygen atoms in total. The zero-order valence-corrected chi connectivity index (χ0v) is 20.3. The predicted octanol–water partition coefficient (Wildman–Crippen LogP) is 4.95. The minimum Gasteiger partial charge on any atom is -0.496 e. The third kappa shape index (κ3) is 6.63. The molecule has 0 unspecified atom stereocenters. The quantitative estimate of drug-likeness (QED) is 0.394. The molecule has 0 radical (unpaired) electrons. The van der Waals surface area contributed by atoms with Gasteiger partial charge < -0.3 is 10.1 Å². The first-order valence-corrected chi connectivity index (χ1v) is 12.4. The molecule has 0 saturated carbocycles. The van der Waals surface area contributed by atoms with Crippen LogP contribution in [0.3, 0.4) is 0 Å². The van der Waals surface area contributed by atoms with E-state index >= 15 is 0 Å². The lowest BCUT2D eigenvalue weighted by atomic mass is 10.1. The van der Waals surface area contributed by atoms with E-state index in [1.807, 2.05) is 24.3 Å². The van der Waals surface area contributed by atoms with Gasteiger partial charge in [-0.1, -0.05) is 47.5 Å². The molecular weight excluding hydrogens is 483 g/mol. The largest absolute Gasteiger partial charge is 0.496 e. The summed E-state index contributed by atoms with van der Waals surface area (Å²) in [7, 11) is -2.41. The molecule has 0 aliphatic carbocycles. The molecule has 1 amide bonds. The standard InChI is InChI=1S/C24H24Cl2N2O4S/c1-32-23-10-3-2-6-18(23)7-5-15-27-24(29)17-28(21-9-4-8-20(26)16-21)33(30,31)22-13-11-19(25)12-14-22/h2-4,6,8-14,16H,5,7,15,17H2,1H3,(H,27,29). The molecule has 33 heavy (non-hydrogen) atoms. The average Bonchev–Trinajstić information content (AvgIpc) is 2.80. The van der Waals surface area contributed by atoms with Gasteiger partial charge in [-0.05, 0) is 66.9 Å². The van der Waals surface area contributed by atoms with Crippen molar-refractivity contribution in [1.82, 2.24) is 5.32 Å². The first-order valence-electron chi connectivity index (χ1n) is 10.2. The number of methoxy groups -OCH3 is 1. The van der Waals surface area contributed by atoms with Crippen LogP contribution in [0.2, 0.25) is 10.0 Å².